The van der Waals surface area contributed by atoms with Crippen molar-refractivity contribution in [2.24, 2.45) is 0 Å². The molecule has 0 bridgehead atoms. The molecule has 1 aromatic carbocycles. The number of anilines is 1. The number of aromatic nitrogens is 5. The molecule has 3 aromatic heterocycles. The van der Waals surface area contributed by atoms with E-state index >= 15 is 0 Å². The molecule has 9 heteroatoms. The maximum atomic E-state index is 6.07. The zero-order valence-electron chi connectivity index (χ0n) is 16.7. The molecule has 0 amide bonds. The summed E-state index contributed by atoms with van der Waals surface area (Å²) in [6.07, 6.45) is 1.75. The van der Waals surface area contributed by atoms with Crippen molar-refractivity contribution in [2.75, 3.05) is 33.0 Å². The number of imidazole rings is 1. The zero-order chi connectivity index (χ0) is 20.4. The number of likely N-dealkylation sites (N-methyl/N-ethyl adjacent to an activating group) is 1. The highest BCUT2D eigenvalue weighted by Crippen LogP contribution is 2.36. The first-order valence-corrected chi connectivity index (χ1v) is 9.40. The van der Waals surface area contributed by atoms with E-state index in [1.807, 2.05) is 55.9 Å². The van der Waals surface area contributed by atoms with E-state index in [-0.39, 0.29) is 5.82 Å². The Balaban J connectivity index is 1.93. The highest BCUT2D eigenvalue weighted by Gasteiger charge is 2.23. The van der Waals surface area contributed by atoms with Gasteiger partial charge in [-0.2, -0.15) is 0 Å². The summed E-state index contributed by atoms with van der Waals surface area (Å²) in [5.41, 5.74) is 9.65. The third-order valence-corrected chi connectivity index (χ3v) is 4.62. The summed E-state index contributed by atoms with van der Waals surface area (Å²) in [7, 11) is 4.01. The Kier molecular flexibility index (Phi) is 5.13. The maximum Gasteiger partial charge on any atom is 0.199 e. The number of hydrogen-bond donors (Lipinski definition) is 1. The molecule has 0 aliphatic rings. The van der Waals surface area contributed by atoms with Gasteiger partial charge in [0.25, 0.3) is 0 Å². The van der Waals surface area contributed by atoms with Crippen LogP contribution in [0.15, 0.2) is 41.2 Å². The second-order valence-electron chi connectivity index (χ2n) is 6.86. The predicted molar refractivity (Wildman–Crippen MR) is 110 cm³/mol. The third kappa shape index (κ3) is 3.52. The molecule has 0 aliphatic carbocycles. The zero-order valence-corrected chi connectivity index (χ0v) is 16.7. The van der Waals surface area contributed by atoms with Crippen LogP contribution in [0.1, 0.15) is 6.92 Å². The molecule has 0 atom stereocenters. The molecule has 150 valence electrons. The molecular formula is C20H23N7O2. The van der Waals surface area contributed by atoms with Gasteiger partial charge in [-0.15, -0.1) is 0 Å². The fraction of sp³-hybridized carbons (Fsp3) is 0.300. The first kappa shape index (κ1) is 18.9. The Morgan fingerprint density at radius 2 is 1.93 bits per heavy atom. The highest BCUT2D eigenvalue weighted by atomic mass is 16.6. The van der Waals surface area contributed by atoms with Gasteiger partial charge in [-0.25, -0.2) is 14.6 Å². The number of nitrogens with two attached hydrogens (primary N) is 1. The van der Waals surface area contributed by atoms with Crippen LogP contribution in [0.3, 0.4) is 0 Å². The summed E-state index contributed by atoms with van der Waals surface area (Å²) in [6, 6.07) is 9.93. The Labute approximate surface area is 168 Å². The van der Waals surface area contributed by atoms with Crippen LogP contribution in [0.25, 0.3) is 33.8 Å². The van der Waals surface area contributed by atoms with E-state index in [0.717, 1.165) is 28.8 Å². The van der Waals surface area contributed by atoms with Crippen molar-refractivity contribution >= 4 is 16.9 Å². The number of ether oxygens (including phenoxy) is 1. The van der Waals surface area contributed by atoms with E-state index in [1.165, 1.54) is 0 Å². The lowest BCUT2D eigenvalue weighted by molar-refractivity contribution is 0.262. The van der Waals surface area contributed by atoms with Crippen molar-refractivity contribution in [3.05, 3.63) is 36.5 Å². The second kappa shape index (κ2) is 7.88. The Morgan fingerprint density at radius 3 is 2.59 bits per heavy atom. The predicted octanol–water partition coefficient (Wildman–Crippen LogP) is 2.69. The topological polar surface area (TPSA) is 108 Å². The van der Waals surface area contributed by atoms with Crippen LogP contribution in [-0.2, 0) is 6.54 Å². The number of rotatable bonds is 7. The number of nitrogen functional groups attached to an aromatic ring is 1. The van der Waals surface area contributed by atoms with Crippen molar-refractivity contribution in [3.63, 3.8) is 0 Å². The van der Waals surface area contributed by atoms with Crippen LogP contribution in [0, 0.1) is 0 Å². The van der Waals surface area contributed by atoms with Gasteiger partial charge < -0.3 is 19.9 Å². The molecular weight excluding hydrogens is 370 g/mol. The van der Waals surface area contributed by atoms with Gasteiger partial charge in [-0.05, 0) is 31.3 Å². The van der Waals surface area contributed by atoms with Gasteiger partial charge in [0.1, 0.15) is 17.6 Å². The number of fused-ring (bicyclic) bond motifs is 1. The molecule has 9 nitrogen and oxygen atoms in total. The maximum absolute atomic E-state index is 6.07. The average molecular weight is 393 g/mol. The van der Waals surface area contributed by atoms with Gasteiger partial charge >= 0.3 is 0 Å². The van der Waals surface area contributed by atoms with E-state index in [0.29, 0.717) is 30.4 Å². The molecule has 0 fully saturated rings. The van der Waals surface area contributed by atoms with Crippen molar-refractivity contribution < 1.29 is 9.37 Å². The van der Waals surface area contributed by atoms with Gasteiger partial charge in [0.15, 0.2) is 23.1 Å². The Morgan fingerprint density at radius 1 is 1.14 bits per heavy atom. The van der Waals surface area contributed by atoms with Crippen molar-refractivity contribution in [2.45, 2.75) is 13.5 Å². The highest BCUT2D eigenvalue weighted by molar-refractivity contribution is 5.95. The monoisotopic (exact) mass is 393 g/mol. The van der Waals surface area contributed by atoms with Gasteiger partial charge in [-0.3, -0.25) is 0 Å². The van der Waals surface area contributed by atoms with Gasteiger partial charge in [0.2, 0.25) is 0 Å². The number of nitrogens with zero attached hydrogens (tertiary/aromatic N) is 6. The summed E-state index contributed by atoms with van der Waals surface area (Å²) >= 11 is 0. The number of aryl methyl sites for hydroxylation is 1. The molecule has 4 rings (SSSR count). The minimum Gasteiger partial charge on any atom is -0.488 e. The summed E-state index contributed by atoms with van der Waals surface area (Å²) in [5.74, 6) is 1.43. The second-order valence-corrected chi connectivity index (χ2v) is 6.86. The third-order valence-electron chi connectivity index (χ3n) is 4.62. The Hall–Kier alpha value is -3.46. The minimum atomic E-state index is 0.194. The smallest absolute Gasteiger partial charge is 0.199 e. The van der Waals surface area contributed by atoms with Crippen LogP contribution in [0.2, 0.25) is 0 Å². The van der Waals surface area contributed by atoms with E-state index in [4.69, 9.17) is 20.1 Å². The average Bonchev–Trinajstić information content (AvgIpc) is 3.31. The largest absolute Gasteiger partial charge is 0.488 e. The van der Waals surface area contributed by atoms with E-state index in [2.05, 4.69) is 20.2 Å². The summed E-state index contributed by atoms with van der Waals surface area (Å²) in [6.45, 7) is 3.99. The molecule has 0 aliphatic heterocycles. The van der Waals surface area contributed by atoms with Crippen LogP contribution >= 0.6 is 0 Å². The molecule has 4 aromatic rings. The Bertz CT molecular complexity index is 1120. The van der Waals surface area contributed by atoms with Crippen molar-refractivity contribution in [3.8, 4) is 28.5 Å². The molecule has 0 unspecified atom stereocenters. The molecule has 0 spiro atoms. The number of pyridine rings is 1. The van der Waals surface area contributed by atoms with Crippen LogP contribution < -0.4 is 10.5 Å². The lowest BCUT2D eigenvalue weighted by atomic mass is 10.1. The molecule has 0 radical (unpaired) electrons. The standard InChI is InChI=1S/C20H23N7O2/c1-4-27-18-14(28-11-10-26(2)3)12-22-15(13-8-6-5-7-9-13)16(18)23-20(27)17-19(21)25-29-24-17/h5-9,12H,4,10-11H2,1-3H3,(H2,21,25). The fourth-order valence-electron chi connectivity index (χ4n) is 3.20. The first-order valence-electron chi connectivity index (χ1n) is 9.40. The van der Waals surface area contributed by atoms with Crippen LogP contribution in [-0.4, -0.2) is 57.0 Å². The molecule has 0 saturated heterocycles. The number of benzene rings is 1. The SMILES string of the molecule is CCn1c(-c2nonc2N)nc2c(-c3ccccc3)ncc(OCCN(C)C)c21. The summed E-state index contributed by atoms with van der Waals surface area (Å²) in [5, 5.41) is 7.64. The van der Waals surface area contributed by atoms with Gasteiger partial charge in [-0.1, -0.05) is 30.3 Å². The lowest BCUT2D eigenvalue weighted by Gasteiger charge is -2.14. The van der Waals surface area contributed by atoms with Crippen molar-refractivity contribution in [1.29, 1.82) is 0 Å². The summed E-state index contributed by atoms with van der Waals surface area (Å²) < 4.78 is 12.9. The lowest BCUT2D eigenvalue weighted by Crippen LogP contribution is -2.19. The molecule has 2 N–H and O–H groups in total. The molecule has 3 heterocycles. The van der Waals surface area contributed by atoms with E-state index < -0.39 is 0 Å². The van der Waals surface area contributed by atoms with E-state index in [1.54, 1.807) is 6.20 Å². The van der Waals surface area contributed by atoms with Crippen LogP contribution in [0.4, 0.5) is 5.82 Å². The molecule has 29 heavy (non-hydrogen) atoms. The number of hydrogen-bond acceptors (Lipinski definition) is 8. The fourth-order valence-corrected chi connectivity index (χ4v) is 3.20. The quantitative estimate of drug-likeness (QED) is 0.510. The van der Waals surface area contributed by atoms with Crippen molar-refractivity contribution in [1.82, 2.24) is 29.7 Å². The summed E-state index contributed by atoms with van der Waals surface area (Å²) in [4.78, 5) is 11.6. The normalized spacial score (nSPS) is 11.4. The van der Waals surface area contributed by atoms with Gasteiger partial charge in [0.05, 0.1) is 11.9 Å². The minimum absolute atomic E-state index is 0.194. The first-order chi connectivity index (χ1) is 14.1. The van der Waals surface area contributed by atoms with E-state index in [9.17, 15) is 0 Å². The van der Waals surface area contributed by atoms with Gasteiger partial charge in [0, 0.05) is 18.7 Å². The molecule has 0 saturated carbocycles. The van der Waals surface area contributed by atoms with Crippen LogP contribution in [0.5, 0.6) is 5.75 Å².